The second kappa shape index (κ2) is 6.27. The molecule has 0 aliphatic heterocycles. The fourth-order valence-corrected chi connectivity index (χ4v) is 2.51. The summed E-state index contributed by atoms with van der Waals surface area (Å²) in [6, 6.07) is 3.72. The Morgan fingerprint density at radius 3 is 2.95 bits per heavy atom. The highest BCUT2D eigenvalue weighted by atomic mass is 32.2. The van der Waals surface area contributed by atoms with E-state index >= 15 is 0 Å². The van der Waals surface area contributed by atoms with Gasteiger partial charge in [0.2, 0.25) is 11.1 Å². The minimum atomic E-state index is -4.41. The zero-order valence-corrected chi connectivity index (χ0v) is 11.5. The SMILES string of the molecule is O=C(CSc1n[nH]c(-c2cccs2)n1)NCC(F)(F)F. The molecule has 0 spiro atoms. The lowest BCUT2D eigenvalue weighted by Crippen LogP contribution is -2.34. The average Bonchev–Trinajstić information content (AvgIpc) is 3.03. The summed E-state index contributed by atoms with van der Waals surface area (Å²) in [7, 11) is 0. The molecular weight excluding hydrogens is 313 g/mol. The van der Waals surface area contributed by atoms with E-state index < -0.39 is 18.6 Å². The van der Waals surface area contributed by atoms with Crippen LogP contribution in [0, 0.1) is 0 Å². The highest BCUT2D eigenvalue weighted by Crippen LogP contribution is 2.23. The standard InChI is InChI=1S/C10H9F3N4OS2/c11-10(12,13)5-14-7(18)4-20-9-15-8(16-17-9)6-2-1-3-19-6/h1-3H,4-5H2,(H,14,18)(H,15,16,17). The first-order chi connectivity index (χ1) is 9.44. The number of amides is 1. The van der Waals surface area contributed by atoms with Gasteiger partial charge in [-0.1, -0.05) is 17.8 Å². The van der Waals surface area contributed by atoms with Crippen molar-refractivity contribution < 1.29 is 18.0 Å². The maximum atomic E-state index is 11.9. The first-order valence-electron chi connectivity index (χ1n) is 5.36. The Bertz CT molecular complexity index is 567. The van der Waals surface area contributed by atoms with Crippen molar-refractivity contribution in [3.63, 3.8) is 0 Å². The first kappa shape index (κ1) is 14.9. The molecule has 0 aliphatic rings. The van der Waals surface area contributed by atoms with Crippen molar-refractivity contribution in [2.45, 2.75) is 11.3 Å². The Balaban J connectivity index is 1.81. The minimum absolute atomic E-state index is 0.169. The summed E-state index contributed by atoms with van der Waals surface area (Å²) < 4.78 is 35.7. The highest BCUT2D eigenvalue weighted by Gasteiger charge is 2.27. The Hall–Kier alpha value is -1.55. The second-order valence-electron chi connectivity index (χ2n) is 3.62. The van der Waals surface area contributed by atoms with Crippen LogP contribution < -0.4 is 5.32 Å². The van der Waals surface area contributed by atoms with Gasteiger partial charge in [-0.2, -0.15) is 13.2 Å². The normalized spacial score (nSPS) is 11.6. The molecule has 0 bridgehead atoms. The van der Waals surface area contributed by atoms with Gasteiger partial charge in [-0.25, -0.2) is 4.98 Å². The molecule has 20 heavy (non-hydrogen) atoms. The monoisotopic (exact) mass is 322 g/mol. The molecule has 0 saturated heterocycles. The zero-order valence-electron chi connectivity index (χ0n) is 9.90. The van der Waals surface area contributed by atoms with Gasteiger partial charge < -0.3 is 5.32 Å². The van der Waals surface area contributed by atoms with Gasteiger partial charge in [-0.15, -0.1) is 16.4 Å². The number of hydrogen-bond donors (Lipinski definition) is 2. The zero-order chi connectivity index (χ0) is 14.6. The van der Waals surface area contributed by atoms with Crippen LogP contribution in [-0.2, 0) is 4.79 Å². The summed E-state index contributed by atoms with van der Waals surface area (Å²) in [6.45, 7) is -1.33. The van der Waals surface area contributed by atoms with E-state index in [-0.39, 0.29) is 5.75 Å². The van der Waals surface area contributed by atoms with Crippen LogP contribution in [0.2, 0.25) is 0 Å². The molecule has 0 aliphatic carbocycles. The molecular formula is C10H9F3N4OS2. The van der Waals surface area contributed by atoms with Crippen LogP contribution in [0.15, 0.2) is 22.7 Å². The number of hydrogen-bond acceptors (Lipinski definition) is 5. The van der Waals surface area contributed by atoms with Gasteiger partial charge in [0, 0.05) is 0 Å². The first-order valence-corrected chi connectivity index (χ1v) is 7.23. The van der Waals surface area contributed by atoms with E-state index in [4.69, 9.17) is 0 Å². The predicted octanol–water partition coefficient (Wildman–Crippen LogP) is 2.30. The van der Waals surface area contributed by atoms with Crippen molar-refractivity contribution in [2.24, 2.45) is 0 Å². The maximum absolute atomic E-state index is 11.9. The van der Waals surface area contributed by atoms with Crippen LogP contribution >= 0.6 is 23.1 Å². The molecule has 0 saturated carbocycles. The number of H-pyrrole nitrogens is 1. The van der Waals surface area contributed by atoms with Crippen molar-refractivity contribution in [3.8, 4) is 10.7 Å². The van der Waals surface area contributed by atoms with Gasteiger partial charge in [0.15, 0.2) is 5.82 Å². The van der Waals surface area contributed by atoms with Gasteiger partial charge >= 0.3 is 6.18 Å². The lowest BCUT2D eigenvalue weighted by Gasteiger charge is -2.07. The second-order valence-corrected chi connectivity index (χ2v) is 5.51. The van der Waals surface area contributed by atoms with Crippen LogP contribution in [0.5, 0.6) is 0 Å². The van der Waals surface area contributed by atoms with Crippen LogP contribution in [0.4, 0.5) is 13.2 Å². The molecule has 108 valence electrons. The van der Waals surface area contributed by atoms with E-state index in [1.165, 1.54) is 11.3 Å². The summed E-state index contributed by atoms with van der Waals surface area (Å²) >= 11 is 2.45. The van der Waals surface area contributed by atoms with E-state index in [2.05, 4.69) is 15.2 Å². The number of carbonyl (C=O) groups excluding carboxylic acids is 1. The third-order valence-corrected chi connectivity index (χ3v) is 3.76. The number of thioether (sulfide) groups is 1. The van der Waals surface area contributed by atoms with Gasteiger partial charge in [0.25, 0.3) is 0 Å². The number of thiophene rings is 1. The van der Waals surface area contributed by atoms with E-state index in [0.29, 0.717) is 11.0 Å². The maximum Gasteiger partial charge on any atom is 0.405 e. The molecule has 0 aromatic carbocycles. The van der Waals surface area contributed by atoms with E-state index in [9.17, 15) is 18.0 Å². The van der Waals surface area contributed by atoms with Gasteiger partial charge in [-0.3, -0.25) is 9.89 Å². The fraction of sp³-hybridized carbons (Fsp3) is 0.300. The van der Waals surface area contributed by atoms with E-state index in [1.807, 2.05) is 17.5 Å². The number of nitrogens with one attached hydrogen (secondary N) is 2. The average molecular weight is 322 g/mol. The smallest absolute Gasteiger partial charge is 0.346 e. The number of rotatable bonds is 5. The summed E-state index contributed by atoms with van der Waals surface area (Å²) in [4.78, 5) is 16.2. The molecule has 1 amide bonds. The molecule has 2 N–H and O–H groups in total. The molecule has 0 radical (unpaired) electrons. The summed E-state index contributed by atoms with van der Waals surface area (Å²) in [5.41, 5.74) is 0. The number of alkyl halides is 3. The Labute approximate surface area is 120 Å². The molecule has 2 aromatic rings. The molecule has 0 unspecified atom stereocenters. The van der Waals surface area contributed by atoms with Crippen molar-refractivity contribution in [1.82, 2.24) is 20.5 Å². The van der Waals surface area contributed by atoms with Crippen molar-refractivity contribution in [2.75, 3.05) is 12.3 Å². The molecule has 2 heterocycles. The molecule has 0 atom stereocenters. The Kier molecular flexibility index (Phi) is 4.65. The topological polar surface area (TPSA) is 70.7 Å². The predicted molar refractivity (Wildman–Crippen MR) is 69.5 cm³/mol. The van der Waals surface area contributed by atoms with E-state index in [1.54, 1.807) is 5.32 Å². The van der Waals surface area contributed by atoms with Crippen molar-refractivity contribution in [1.29, 1.82) is 0 Å². The minimum Gasteiger partial charge on any atom is -0.346 e. The Morgan fingerprint density at radius 1 is 1.50 bits per heavy atom. The van der Waals surface area contributed by atoms with Gasteiger partial charge in [-0.05, 0) is 11.4 Å². The molecule has 10 heteroatoms. The number of halogens is 3. The highest BCUT2D eigenvalue weighted by molar-refractivity contribution is 7.99. The Morgan fingerprint density at radius 2 is 2.30 bits per heavy atom. The number of aromatic amines is 1. The van der Waals surface area contributed by atoms with Crippen molar-refractivity contribution in [3.05, 3.63) is 17.5 Å². The molecule has 0 fully saturated rings. The summed E-state index contributed by atoms with van der Waals surface area (Å²) in [5, 5.41) is 10.6. The van der Waals surface area contributed by atoms with E-state index in [0.717, 1.165) is 16.6 Å². The van der Waals surface area contributed by atoms with Crippen LogP contribution in [0.3, 0.4) is 0 Å². The molecule has 2 rings (SSSR count). The summed E-state index contributed by atoms with van der Waals surface area (Å²) in [6.07, 6.45) is -4.41. The number of nitrogens with zero attached hydrogens (tertiary/aromatic N) is 2. The van der Waals surface area contributed by atoms with Crippen LogP contribution in [0.25, 0.3) is 10.7 Å². The quantitative estimate of drug-likeness (QED) is 0.829. The van der Waals surface area contributed by atoms with Crippen LogP contribution in [0.1, 0.15) is 0 Å². The fourth-order valence-electron chi connectivity index (χ4n) is 1.21. The van der Waals surface area contributed by atoms with Gasteiger partial charge in [0.1, 0.15) is 6.54 Å². The third-order valence-electron chi connectivity index (χ3n) is 2.04. The lowest BCUT2D eigenvalue weighted by molar-refractivity contribution is -0.136. The lowest BCUT2D eigenvalue weighted by atomic mass is 10.4. The summed E-state index contributed by atoms with van der Waals surface area (Å²) in [5.74, 6) is -0.314. The molecule has 2 aromatic heterocycles. The van der Waals surface area contributed by atoms with Crippen molar-refractivity contribution >= 4 is 29.0 Å². The molecule has 5 nitrogen and oxygen atoms in total. The largest absolute Gasteiger partial charge is 0.405 e. The number of carbonyl (C=O) groups is 1. The number of aromatic nitrogens is 3. The van der Waals surface area contributed by atoms with Crippen LogP contribution in [-0.4, -0.2) is 39.6 Å². The third kappa shape index (κ3) is 4.53. The van der Waals surface area contributed by atoms with Gasteiger partial charge in [0.05, 0.1) is 10.6 Å².